The zero-order valence-electron chi connectivity index (χ0n) is 11.4. The molecule has 0 saturated heterocycles. The fourth-order valence-corrected chi connectivity index (χ4v) is 1.54. The van der Waals surface area contributed by atoms with Gasteiger partial charge >= 0.3 is 5.97 Å². The minimum Gasteiger partial charge on any atom is -0.461 e. The summed E-state index contributed by atoms with van der Waals surface area (Å²) in [5.74, 6) is -0.649. The normalized spacial score (nSPS) is 10.3. The van der Waals surface area contributed by atoms with E-state index in [1.807, 2.05) is 30.3 Å². The van der Waals surface area contributed by atoms with E-state index in [4.69, 9.17) is 16.2 Å². The maximum atomic E-state index is 11.5. The van der Waals surface area contributed by atoms with Crippen LogP contribution in [0.4, 0.5) is 0 Å². The van der Waals surface area contributed by atoms with Gasteiger partial charge in [-0.3, -0.25) is 9.59 Å². The Labute approximate surface area is 118 Å². The Kier molecular flexibility index (Phi) is 7.31. The van der Waals surface area contributed by atoms with Crippen LogP contribution in [-0.2, 0) is 20.9 Å². The van der Waals surface area contributed by atoms with Gasteiger partial charge < -0.3 is 21.5 Å². The second-order valence-electron chi connectivity index (χ2n) is 4.38. The number of rotatable bonds is 8. The number of hydrogen-bond donors (Lipinski definition) is 3. The van der Waals surface area contributed by atoms with Crippen molar-refractivity contribution in [2.24, 2.45) is 11.5 Å². The topological polar surface area (TPSA) is 107 Å². The molecule has 110 valence electrons. The summed E-state index contributed by atoms with van der Waals surface area (Å²) in [6.07, 6.45) is 0.116. The van der Waals surface area contributed by atoms with Gasteiger partial charge in [-0.1, -0.05) is 30.3 Å². The van der Waals surface area contributed by atoms with Crippen molar-refractivity contribution in [3.8, 4) is 0 Å². The molecule has 0 atom stereocenters. The summed E-state index contributed by atoms with van der Waals surface area (Å²) in [6.45, 7) is 0.775. The van der Waals surface area contributed by atoms with Crippen molar-refractivity contribution in [3.05, 3.63) is 35.9 Å². The molecule has 0 aromatic heterocycles. The van der Waals surface area contributed by atoms with Gasteiger partial charge in [-0.25, -0.2) is 0 Å². The van der Waals surface area contributed by atoms with Crippen molar-refractivity contribution in [1.29, 1.82) is 0 Å². The van der Waals surface area contributed by atoms with Crippen LogP contribution in [0.1, 0.15) is 18.4 Å². The first-order chi connectivity index (χ1) is 9.65. The highest BCUT2D eigenvalue weighted by atomic mass is 16.5. The monoisotopic (exact) mass is 279 g/mol. The van der Waals surface area contributed by atoms with Crippen LogP contribution in [0.3, 0.4) is 0 Å². The third-order valence-electron chi connectivity index (χ3n) is 2.73. The summed E-state index contributed by atoms with van der Waals surface area (Å²) in [6, 6.07) is 9.12. The highest BCUT2D eigenvalue weighted by Gasteiger charge is 2.11. The molecular formula is C14H21N3O3. The number of ether oxygens (including phenoxy) is 1. The molecule has 6 heteroatoms. The summed E-state index contributed by atoms with van der Waals surface area (Å²) >= 11 is 0. The van der Waals surface area contributed by atoms with Gasteiger partial charge in [0.1, 0.15) is 6.61 Å². The summed E-state index contributed by atoms with van der Waals surface area (Å²) < 4.78 is 5.07. The lowest BCUT2D eigenvalue weighted by molar-refractivity contribution is -0.146. The van der Waals surface area contributed by atoms with Crippen LogP contribution in [0.15, 0.2) is 30.3 Å². The summed E-state index contributed by atoms with van der Waals surface area (Å²) in [4.78, 5) is 23.0. The largest absolute Gasteiger partial charge is 0.461 e. The molecule has 0 saturated carbocycles. The number of carbonyl (C=O) groups excluding carboxylic acids is 2. The Bertz CT molecular complexity index is 419. The Morgan fingerprint density at radius 3 is 2.35 bits per heavy atom. The Morgan fingerprint density at radius 1 is 1.10 bits per heavy atom. The van der Waals surface area contributed by atoms with Gasteiger partial charge in [0.15, 0.2) is 0 Å². The van der Waals surface area contributed by atoms with Gasteiger partial charge in [-0.05, 0) is 5.56 Å². The Hall–Kier alpha value is -1.92. The Morgan fingerprint density at radius 2 is 1.75 bits per heavy atom. The summed E-state index contributed by atoms with van der Waals surface area (Å²) in [5, 5.41) is 2.65. The van der Waals surface area contributed by atoms with Gasteiger partial charge in [0.2, 0.25) is 5.91 Å². The number of nitrogens with two attached hydrogens (primary N) is 2. The molecule has 6 nitrogen and oxygen atoms in total. The molecule has 0 fully saturated rings. The van der Waals surface area contributed by atoms with Crippen molar-refractivity contribution < 1.29 is 14.3 Å². The number of amides is 1. The third-order valence-corrected chi connectivity index (χ3v) is 2.73. The zero-order valence-corrected chi connectivity index (χ0v) is 11.4. The Balaban J connectivity index is 2.21. The smallest absolute Gasteiger partial charge is 0.306 e. The first-order valence-corrected chi connectivity index (χ1v) is 6.54. The average molecular weight is 279 g/mol. The van der Waals surface area contributed by atoms with Gasteiger partial charge in [-0.2, -0.15) is 0 Å². The van der Waals surface area contributed by atoms with E-state index in [1.165, 1.54) is 0 Å². The van der Waals surface area contributed by atoms with E-state index < -0.39 is 5.97 Å². The quantitative estimate of drug-likeness (QED) is 0.577. The fraction of sp³-hybridized carbons (Fsp3) is 0.429. The van der Waals surface area contributed by atoms with Crippen molar-refractivity contribution in [2.75, 3.05) is 13.1 Å². The van der Waals surface area contributed by atoms with E-state index in [9.17, 15) is 9.59 Å². The van der Waals surface area contributed by atoms with Crippen molar-refractivity contribution in [1.82, 2.24) is 5.32 Å². The number of benzene rings is 1. The summed E-state index contributed by atoms with van der Waals surface area (Å²) in [5.41, 5.74) is 11.7. The maximum Gasteiger partial charge on any atom is 0.306 e. The van der Waals surface area contributed by atoms with Crippen LogP contribution in [0, 0.1) is 0 Å². The van der Waals surface area contributed by atoms with E-state index in [0.29, 0.717) is 0 Å². The van der Waals surface area contributed by atoms with Gasteiger partial charge in [0.25, 0.3) is 0 Å². The van der Waals surface area contributed by atoms with Crippen LogP contribution in [0.5, 0.6) is 0 Å². The molecular weight excluding hydrogens is 258 g/mol. The lowest BCUT2D eigenvalue weighted by Gasteiger charge is -2.14. The predicted molar refractivity (Wildman–Crippen MR) is 75.5 cm³/mol. The highest BCUT2D eigenvalue weighted by molar-refractivity contribution is 5.81. The maximum absolute atomic E-state index is 11.5. The zero-order chi connectivity index (χ0) is 14.8. The fourth-order valence-electron chi connectivity index (χ4n) is 1.54. The van der Waals surface area contributed by atoms with Crippen LogP contribution >= 0.6 is 0 Å². The van der Waals surface area contributed by atoms with Crippen molar-refractivity contribution in [3.63, 3.8) is 0 Å². The van der Waals surface area contributed by atoms with Gasteiger partial charge in [0, 0.05) is 19.5 Å². The molecule has 5 N–H and O–H groups in total. The van der Waals surface area contributed by atoms with Crippen LogP contribution in [-0.4, -0.2) is 31.0 Å². The van der Waals surface area contributed by atoms with Crippen LogP contribution in [0.25, 0.3) is 0 Å². The van der Waals surface area contributed by atoms with Crippen LogP contribution in [0.2, 0.25) is 0 Å². The minimum atomic E-state index is -0.402. The average Bonchev–Trinajstić information content (AvgIpc) is 2.49. The molecule has 1 rings (SSSR count). The SMILES string of the molecule is NCC(CN)NC(=O)CCC(=O)OCc1ccccc1. The number of hydrogen-bond acceptors (Lipinski definition) is 5. The molecule has 0 spiro atoms. The highest BCUT2D eigenvalue weighted by Crippen LogP contribution is 2.02. The van der Waals surface area contributed by atoms with E-state index >= 15 is 0 Å². The molecule has 0 heterocycles. The van der Waals surface area contributed by atoms with E-state index in [1.54, 1.807) is 0 Å². The first kappa shape index (κ1) is 16.1. The predicted octanol–water partition coefficient (Wildman–Crippen LogP) is -0.0878. The van der Waals surface area contributed by atoms with Crippen LogP contribution < -0.4 is 16.8 Å². The molecule has 1 aromatic rings. The molecule has 20 heavy (non-hydrogen) atoms. The summed E-state index contributed by atoms with van der Waals surface area (Å²) in [7, 11) is 0. The van der Waals surface area contributed by atoms with Crippen molar-refractivity contribution >= 4 is 11.9 Å². The molecule has 0 bridgehead atoms. The number of carbonyl (C=O) groups is 2. The second-order valence-corrected chi connectivity index (χ2v) is 4.38. The molecule has 0 aliphatic heterocycles. The van der Waals surface area contributed by atoms with Gasteiger partial charge in [0.05, 0.1) is 12.5 Å². The number of esters is 1. The standard InChI is InChI=1S/C14H21N3O3/c15-8-12(9-16)17-13(18)6-7-14(19)20-10-11-4-2-1-3-5-11/h1-5,12H,6-10,15-16H2,(H,17,18). The molecule has 0 radical (unpaired) electrons. The molecule has 1 amide bonds. The third kappa shape index (κ3) is 6.31. The number of nitrogens with one attached hydrogen (secondary N) is 1. The molecule has 0 unspecified atom stereocenters. The van der Waals surface area contributed by atoms with Crippen molar-refractivity contribution in [2.45, 2.75) is 25.5 Å². The molecule has 0 aliphatic carbocycles. The van der Waals surface area contributed by atoms with Gasteiger partial charge in [-0.15, -0.1) is 0 Å². The lowest BCUT2D eigenvalue weighted by Crippen LogP contribution is -2.45. The van der Waals surface area contributed by atoms with E-state index in [0.717, 1.165) is 5.56 Å². The van der Waals surface area contributed by atoms with E-state index in [2.05, 4.69) is 5.32 Å². The second kappa shape index (κ2) is 9.06. The molecule has 1 aromatic carbocycles. The lowest BCUT2D eigenvalue weighted by atomic mass is 10.2. The first-order valence-electron chi connectivity index (χ1n) is 6.54. The van der Waals surface area contributed by atoms with E-state index in [-0.39, 0.29) is 44.5 Å². The molecule has 0 aliphatic rings. The minimum absolute atomic E-state index is 0.0422.